The average molecular weight is 203 g/mol. The maximum Gasteiger partial charge on any atom is 0.213 e. The molecule has 0 aliphatic carbocycles. The van der Waals surface area contributed by atoms with E-state index in [1.807, 2.05) is 37.3 Å². The summed E-state index contributed by atoms with van der Waals surface area (Å²) in [4.78, 5) is 3.98. The molecule has 0 fully saturated rings. The van der Waals surface area contributed by atoms with E-state index < -0.39 is 5.54 Å². The van der Waals surface area contributed by atoms with Gasteiger partial charge >= 0.3 is 0 Å². The van der Waals surface area contributed by atoms with E-state index in [1.54, 1.807) is 0 Å². The largest absolute Gasteiger partial charge is 0.343 e. The first-order chi connectivity index (χ1) is 7.18. The Morgan fingerprint density at radius 3 is 2.67 bits per heavy atom. The van der Waals surface area contributed by atoms with E-state index in [0.29, 0.717) is 12.2 Å². The van der Waals surface area contributed by atoms with Gasteiger partial charge in [0, 0.05) is 0 Å². The first-order valence-electron chi connectivity index (χ1n) is 4.78. The molecule has 4 heteroatoms. The first-order valence-corrected chi connectivity index (χ1v) is 4.78. The molecule has 0 saturated heterocycles. The summed E-state index contributed by atoms with van der Waals surface area (Å²) in [6.45, 7) is 1.89. The van der Waals surface area contributed by atoms with Crippen molar-refractivity contribution in [3.05, 3.63) is 48.1 Å². The van der Waals surface area contributed by atoms with Gasteiger partial charge in [-0.2, -0.15) is 4.98 Å². The Bertz CT molecular complexity index is 409. The number of rotatable bonds is 3. The van der Waals surface area contributed by atoms with Crippen LogP contribution in [0.5, 0.6) is 0 Å². The minimum absolute atomic E-state index is 0.534. The topological polar surface area (TPSA) is 64.9 Å². The Labute approximate surface area is 88.1 Å². The van der Waals surface area contributed by atoms with E-state index in [4.69, 9.17) is 10.3 Å². The van der Waals surface area contributed by atoms with Crippen LogP contribution < -0.4 is 5.73 Å². The molecule has 1 atom stereocenters. The number of benzene rings is 1. The third-order valence-electron chi connectivity index (χ3n) is 2.29. The van der Waals surface area contributed by atoms with Gasteiger partial charge in [-0.3, -0.25) is 0 Å². The van der Waals surface area contributed by atoms with Crippen molar-refractivity contribution in [2.75, 3.05) is 0 Å². The monoisotopic (exact) mass is 203 g/mol. The molecule has 0 amide bonds. The molecule has 15 heavy (non-hydrogen) atoms. The molecule has 1 unspecified atom stereocenters. The van der Waals surface area contributed by atoms with Crippen LogP contribution in [0.3, 0.4) is 0 Å². The van der Waals surface area contributed by atoms with Gasteiger partial charge in [-0.05, 0) is 18.9 Å². The number of aromatic nitrogens is 2. The first kappa shape index (κ1) is 9.86. The van der Waals surface area contributed by atoms with Gasteiger partial charge in [0.25, 0.3) is 0 Å². The van der Waals surface area contributed by atoms with E-state index in [0.717, 1.165) is 5.56 Å². The minimum atomic E-state index is -0.589. The third-order valence-corrected chi connectivity index (χ3v) is 2.29. The second-order valence-corrected chi connectivity index (χ2v) is 3.83. The maximum atomic E-state index is 6.13. The molecule has 78 valence electrons. The van der Waals surface area contributed by atoms with Gasteiger partial charge in [-0.1, -0.05) is 35.5 Å². The van der Waals surface area contributed by atoms with Crippen LogP contribution in [-0.2, 0) is 12.0 Å². The molecule has 4 nitrogen and oxygen atoms in total. The van der Waals surface area contributed by atoms with Crippen molar-refractivity contribution in [2.24, 2.45) is 5.73 Å². The Morgan fingerprint density at radius 1 is 1.33 bits per heavy atom. The summed E-state index contributed by atoms with van der Waals surface area (Å²) in [6.07, 6.45) is 1.98. The summed E-state index contributed by atoms with van der Waals surface area (Å²) >= 11 is 0. The van der Waals surface area contributed by atoms with Crippen molar-refractivity contribution in [2.45, 2.75) is 18.9 Å². The third kappa shape index (κ3) is 2.22. The van der Waals surface area contributed by atoms with Crippen LogP contribution in [0.2, 0.25) is 0 Å². The molecule has 0 spiro atoms. The van der Waals surface area contributed by atoms with E-state index in [1.165, 1.54) is 6.39 Å². The molecule has 1 heterocycles. The second-order valence-electron chi connectivity index (χ2n) is 3.83. The van der Waals surface area contributed by atoms with Crippen molar-refractivity contribution < 1.29 is 4.52 Å². The van der Waals surface area contributed by atoms with Crippen LogP contribution in [0.4, 0.5) is 0 Å². The van der Waals surface area contributed by atoms with Gasteiger partial charge in [-0.15, -0.1) is 0 Å². The quantitative estimate of drug-likeness (QED) is 0.820. The Kier molecular flexibility index (Phi) is 2.51. The molecule has 0 bridgehead atoms. The van der Waals surface area contributed by atoms with Gasteiger partial charge in [0.1, 0.15) is 0 Å². The summed E-state index contributed by atoms with van der Waals surface area (Å²) in [5.41, 5.74) is 6.70. The van der Waals surface area contributed by atoms with Crippen molar-refractivity contribution >= 4 is 0 Å². The zero-order valence-corrected chi connectivity index (χ0v) is 8.55. The second kappa shape index (κ2) is 3.82. The molecule has 2 aromatic rings. The Morgan fingerprint density at radius 2 is 2.07 bits per heavy atom. The molecule has 0 saturated carbocycles. The van der Waals surface area contributed by atoms with E-state index in [-0.39, 0.29) is 0 Å². The molecule has 2 N–H and O–H groups in total. The lowest BCUT2D eigenvalue weighted by Gasteiger charge is -2.20. The average Bonchev–Trinajstić information content (AvgIpc) is 2.71. The van der Waals surface area contributed by atoms with E-state index in [2.05, 4.69) is 10.1 Å². The van der Waals surface area contributed by atoms with Crippen molar-refractivity contribution in [1.29, 1.82) is 0 Å². The van der Waals surface area contributed by atoms with Gasteiger partial charge < -0.3 is 10.3 Å². The highest BCUT2D eigenvalue weighted by Gasteiger charge is 2.26. The standard InChI is InChI=1S/C11H13N3O/c1-11(12,10-13-8-15-14-10)7-9-5-3-2-4-6-9/h2-6,8H,7,12H2,1H3. The van der Waals surface area contributed by atoms with Crippen LogP contribution in [-0.4, -0.2) is 10.1 Å². The van der Waals surface area contributed by atoms with Crippen LogP contribution in [0, 0.1) is 0 Å². The number of hydrogen-bond donors (Lipinski definition) is 1. The SMILES string of the molecule is CC(N)(Cc1ccccc1)c1ncon1. The number of nitrogens with two attached hydrogens (primary N) is 1. The summed E-state index contributed by atoms with van der Waals surface area (Å²) in [6, 6.07) is 10.0. The zero-order valence-electron chi connectivity index (χ0n) is 8.55. The van der Waals surface area contributed by atoms with Crippen LogP contribution in [0.1, 0.15) is 18.3 Å². The molecule has 1 aromatic heterocycles. The Balaban J connectivity index is 2.18. The van der Waals surface area contributed by atoms with Crippen LogP contribution >= 0.6 is 0 Å². The number of hydrogen-bond acceptors (Lipinski definition) is 4. The predicted octanol–water partition coefficient (Wildman–Crippen LogP) is 1.49. The fourth-order valence-corrected chi connectivity index (χ4v) is 1.52. The zero-order chi connectivity index (χ0) is 10.7. The highest BCUT2D eigenvalue weighted by molar-refractivity contribution is 5.19. The maximum absolute atomic E-state index is 6.13. The highest BCUT2D eigenvalue weighted by atomic mass is 16.5. The van der Waals surface area contributed by atoms with Gasteiger partial charge in [0.05, 0.1) is 5.54 Å². The predicted molar refractivity (Wildman–Crippen MR) is 56.0 cm³/mol. The van der Waals surface area contributed by atoms with Crippen molar-refractivity contribution in [3.8, 4) is 0 Å². The lowest BCUT2D eigenvalue weighted by atomic mass is 9.93. The lowest BCUT2D eigenvalue weighted by molar-refractivity contribution is 0.376. The highest BCUT2D eigenvalue weighted by Crippen LogP contribution is 2.18. The molecule has 0 radical (unpaired) electrons. The molecular formula is C11H13N3O. The van der Waals surface area contributed by atoms with Gasteiger partial charge in [0.15, 0.2) is 5.82 Å². The number of nitrogens with zero attached hydrogens (tertiary/aromatic N) is 2. The lowest BCUT2D eigenvalue weighted by Crippen LogP contribution is -2.36. The van der Waals surface area contributed by atoms with Crippen LogP contribution in [0.15, 0.2) is 41.2 Å². The molecule has 0 aliphatic rings. The molecule has 1 aromatic carbocycles. The van der Waals surface area contributed by atoms with Gasteiger partial charge in [0.2, 0.25) is 6.39 Å². The smallest absolute Gasteiger partial charge is 0.213 e. The molecular weight excluding hydrogens is 190 g/mol. The molecule has 2 rings (SSSR count). The molecule has 0 aliphatic heterocycles. The fourth-order valence-electron chi connectivity index (χ4n) is 1.52. The van der Waals surface area contributed by atoms with Crippen molar-refractivity contribution in [1.82, 2.24) is 10.1 Å². The van der Waals surface area contributed by atoms with E-state index >= 15 is 0 Å². The van der Waals surface area contributed by atoms with Gasteiger partial charge in [-0.25, -0.2) is 0 Å². The summed E-state index contributed by atoms with van der Waals surface area (Å²) < 4.78 is 4.70. The minimum Gasteiger partial charge on any atom is -0.343 e. The summed E-state index contributed by atoms with van der Waals surface area (Å²) in [5.74, 6) is 0.534. The van der Waals surface area contributed by atoms with E-state index in [9.17, 15) is 0 Å². The summed E-state index contributed by atoms with van der Waals surface area (Å²) in [7, 11) is 0. The Hall–Kier alpha value is -1.68. The fraction of sp³-hybridized carbons (Fsp3) is 0.273. The normalized spacial score (nSPS) is 14.8. The van der Waals surface area contributed by atoms with Crippen molar-refractivity contribution in [3.63, 3.8) is 0 Å². The van der Waals surface area contributed by atoms with Crippen LogP contribution in [0.25, 0.3) is 0 Å². The summed E-state index contributed by atoms with van der Waals surface area (Å²) in [5, 5.41) is 3.77.